The van der Waals surface area contributed by atoms with Gasteiger partial charge < -0.3 is 10.6 Å². The maximum absolute atomic E-state index is 12.0. The molecule has 0 saturated carbocycles. The van der Waals surface area contributed by atoms with Crippen LogP contribution in [-0.2, 0) is 4.79 Å². The normalized spacial score (nSPS) is 20.9. The van der Waals surface area contributed by atoms with Gasteiger partial charge in [-0.25, -0.2) is 0 Å². The molecule has 1 aromatic rings. The molecule has 1 aliphatic heterocycles. The molecular formula is C13H16N2O2. The summed E-state index contributed by atoms with van der Waals surface area (Å²) in [6, 6.07) is 6.58. The van der Waals surface area contributed by atoms with Gasteiger partial charge in [0.1, 0.15) is 6.04 Å². The molecule has 0 aliphatic carbocycles. The monoisotopic (exact) mass is 232 g/mol. The van der Waals surface area contributed by atoms with Gasteiger partial charge >= 0.3 is 0 Å². The number of rotatable bonds is 2. The second-order valence-electron chi connectivity index (χ2n) is 4.37. The maximum Gasteiger partial charge on any atom is 0.254 e. The van der Waals surface area contributed by atoms with Crippen molar-refractivity contribution in [1.82, 2.24) is 5.32 Å². The number of carbonyl (C=O) groups is 2. The number of hydrogen-bond acceptors (Lipinski definition) is 2. The van der Waals surface area contributed by atoms with Crippen LogP contribution >= 0.6 is 0 Å². The van der Waals surface area contributed by atoms with Crippen LogP contribution in [-0.4, -0.2) is 17.9 Å². The van der Waals surface area contributed by atoms with Crippen molar-refractivity contribution in [3.8, 4) is 0 Å². The predicted molar refractivity (Wildman–Crippen MR) is 65.8 cm³/mol. The quantitative estimate of drug-likeness (QED) is 0.816. The SMILES string of the molecule is CC[C@@H](C)[C@H]1NC(=O)c2ccccc2NC1=O. The van der Waals surface area contributed by atoms with Crippen LogP contribution in [0.15, 0.2) is 24.3 Å². The minimum atomic E-state index is -0.458. The molecule has 0 aromatic heterocycles. The van der Waals surface area contributed by atoms with Crippen molar-refractivity contribution in [2.24, 2.45) is 5.92 Å². The van der Waals surface area contributed by atoms with Gasteiger partial charge in [-0.15, -0.1) is 0 Å². The minimum Gasteiger partial charge on any atom is -0.340 e. The number of carbonyl (C=O) groups excluding carboxylic acids is 2. The Morgan fingerprint density at radius 2 is 2.00 bits per heavy atom. The molecule has 1 aliphatic rings. The van der Waals surface area contributed by atoms with E-state index in [4.69, 9.17) is 0 Å². The zero-order valence-corrected chi connectivity index (χ0v) is 9.99. The van der Waals surface area contributed by atoms with E-state index >= 15 is 0 Å². The zero-order chi connectivity index (χ0) is 12.4. The number of amides is 2. The van der Waals surface area contributed by atoms with Crippen LogP contribution in [0.25, 0.3) is 0 Å². The molecule has 2 N–H and O–H groups in total. The Kier molecular flexibility index (Phi) is 3.13. The highest BCUT2D eigenvalue weighted by Gasteiger charge is 2.30. The van der Waals surface area contributed by atoms with E-state index < -0.39 is 6.04 Å². The van der Waals surface area contributed by atoms with Crippen LogP contribution in [0.5, 0.6) is 0 Å². The van der Waals surface area contributed by atoms with E-state index in [9.17, 15) is 9.59 Å². The lowest BCUT2D eigenvalue weighted by Crippen LogP contribution is -2.45. The van der Waals surface area contributed by atoms with E-state index in [1.165, 1.54) is 0 Å². The third-order valence-electron chi connectivity index (χ3n) is 3.21. The molecule has 2 amide bonds. The largest absolute Gasteiger partial charge is 0.340 e. The Hall–Kier alpha value is -1.84. The second kappa shape index (κ2) is 4.57. The highest BCUT2D eigenvalue weighted by atomic mass is 16.2. The van der Waals surface area contributed by atoms with Gasteiger partial charge in [-0.2, -0.15) is 0 Å². The van der Waals surface area contributed by atoms with Gasteiger partial charge in [0, 0.05) is 0 Å². The molecule has 90 valence electrons. The van der Waals surface area contributed by atoms with Crippen molar-refractivity contribution in [2.75, 3.05) is 5.32 Å². The molecule has 0 fully saturated rings. The molecule has 0 spiro atoms. The van der Waals surface area contributed by atoms with Crippen LogP contribution in [0.1, 0.15) is 30.6 Å². The Bertz CT molecular complexity index is 456. The molecule has 17 heavy (non-hydrogen) atoms. The Balaban J connectivity index is 2.35. The number of para-hydroxylation sites is 1. The van der Waals surface area contributed by atoms with Crippen molar-refractivity contribution >= 4 is 17.5 Å². The third kappa shape index (κ3) is 2.16. The summed E-state index contributed by atoms with van der Waals surface area (Å²) in [7, 11) is 0. The summed E-state index contributed by atoms with van der Waals surface area (Å²) in [5.41, 5.74) is 1.10. The molecular weight excluding hydrogens is 216 g/mol. The van der Waals surface area contributed by atoms with E-state index in [-0.39, 0.29) is 17.7 Å². The molecule has 1 aromatic carbocycles. The topological polar surface area (TPSA) is 58.2 Å². The summed E-state index contributed by atoms with van der Waals surface area (Å²) < 4.78 is 0. The van der Waals surface area contributed by atoms with Crippen LogP contribution < -0.4 is 10.6 Å². The lowest BCUT2D eigenvalue weighted by Gasteiger charge is -2.20. The third-order valence-corrected chi connectivity index (χ3v) is 3.21. The maximum atomic E-state index is 12.0. The summed E-state index contributed by atoms with van der Waals surface area (Å²) in [6.45, 7) is 3.96. The molecule has 2 rings (SSSR count). The fourth-order valence-electron chi connectivity index (χ4n) is 1.92. The molecule has 0 saturated heterocycles. The van der Waals surface area contributed by atoms with Gasteiger partial charge in [-0.05, 0) is 18.1 Å². The lowest BCUT2D eigenvalue weighted by molar-refractivity contribution is -0.119. The molecule has 4 nitrogen and oxygen atoms in total. The van der Waals surface area contributed by atoms with Gasteiger partial charge in [-0.1, -0.05) is 32.4 Å². The van der Waals surface area contributed by atoms with Crippen molar-refractivity contribution in [3.63, 3.8) is 0 Å². The minimum absolute atomic E-state index is 0.119. The summed E-state index contributed by atoms with van der Waals surface area (Å²) in [6.07, 6.45) is 0.842. The summed E-state index contributed by atoms with van der Waals surface area (Å²) >= 11 is 0. The smallest absolute Gasteiger partial charge is 0.254 e. The molecule has 0 bridgehead atoms. The van der Waals surface area contributed by atoms with Crippen LogP contribution in [0, 0.1) is 5.92 Å². The van der Waals surface area contributed by atoms with E-state index in [1.807, 2.05) is 13.8 Å². The first-order valence-corrected chi connectivity index (χ1v) is 5.84. The van der Waals surface area contributed by atoms with Crippen LogP contribution in [0.2, 0.25) is 0 Å². The fourth-order valence-corrected chi connectivity index (χ4v) is 1.92. The van der Waals surface area contributed by atoms with E-state index in [1.54, 1.807) is 24.3 Å². The summed E-state index contributed by atoms with van der Waals surface area (Å²) in [5.74, 6) is -0.213. The predicted octanol–water partition coefficient (Wildman–Crippen LogP) is 1.78. The zero-order valence-electron chi connectivity index (χ0n) is 9.99. The van der Waals surface area contributed by atoms with Crippen molar-refractivity contribution in [1.29, 1.82) is 0 Å². The van der Waals surface area contributed by atoms with E-state index in [0.29, 0.717) is 11.3 Å². The molecule has 0 unspecified atom stereocenters. The standard InChI is InChI=1S/C13H16N2O2/c1-3-8(2)11-13(17)14-10-7-5-4-6-9(10)12(16)15-11/h4-8,11H,3H2,1-2H3,(H,14,17)(H,15,16)/t8-,11-/m1/s1. The van der Waals surface area contributed by atoms with Crippen molar-refractivity contribution in [3.05, 3.63) is 29.8 Å². The summed E-state index contributed by atoms with van der Waals surface area (Å²) in [4.78, 5) is 24.0. The molecule has 0 radical (unpaired) electrons. The van der Waals surface area contributed by atoms with Gasteiger partial charge in [0.15, 0.2) is 0 Å². The first kappa shape index (κ1) is 11.6. The van der Waals surface area contributed by atoms with E-state index in [2.05, 4.69) is 10.6 Å². The number of hydrogen-bond donors (Lipinski definition) is 2. The van der Waals surface area contributed by atoms with Crippen molar-refractivity contribution < 1.29 is 9.59 Å². The average molecular weight is 232 g/mol. The lowest BCUT2D eigenvalue weighted by atomic mass is 9.98. The molecule has 4 heteroatoms. The van der Waals surface area contributed by atoms with Gasteiger partial charge in [0.25, 0.3) is 5.91 Å². The number of anilines is 1. The van der Waals surface area contributed by atoms with Crippen LogP contribution in [0.3, 0.4) is 0 Å². The number of nitrogens with one attached hydrogen (secondary N) is 2. The number of benzene rings is 1. The van der Waals surface area contributed by atoms with E-state index in [0.717, 1.165) is 6.42 Å². The number of fused-ring (bicyclic) bond motifs is 1. The average Bonchev–Trinajstić information content (AvgIpc) is 2.46. The molecule has 2 atom stereocenters. The van der Waals surface area contributed by atoms with Gasteiger partial charge in [0.05, 0.1) is 11.3 Å². The first-order chi connectivity index (χ1) is 8.13. The van der Waals surface area contributed by atoms with Crippen LogP contribution in [0.4, 0.5) is 5.69 Å². The Labute approximate surface area is 100 Å². The highest BCUT2D eigenvalue weighted by molar-refractivity contribution is 6.09. The fraction of sp³-hybridized carbons (Fsp3) is 0.385. The van der Waals surface area contributed by atoms with Crippen molar-refractivity contribution in [2.45, 2.75) is 26.3 Å². The summed E-state index contributed by atoms with van der Waals surface area (Å²) in [5, 5.41) is 5.58. The second-order valence-corrected chi connectivity index (χ2v) is 4.37. The first-order valence-electron chi connectivity index (χ1n) is 5.84. The van der Waals surface area contributed by atoms with Gasteiger partial charge in [-0.3, -0.25) is 9.59 Å². The Morgan fingerprint density at radius 1 is 1.29 bits per heavy atom. The van der Waals surface area contributed by atoms with Gasteiger partial charge in [0.2, 0.25) is 5.91 Å². The highest BCUT2D eigenvalue weighted by Crippen LogP contribution is 2.20. The Morgan fingerprint density at radius 3 is 2.71 bits per heavy atom. The molecule has 1 heterocycles.